The number of hydrogen-bond acceptors (Lipinski definition) is 4. The summed E-state index contributed by atoms with van der Waals surface area (Å²) in [7, 11) is 0. The van der Waals surface area contributed by atoms with Crippen LogP contribution in [0.15, 0.2) is 12.1 Å². The van der Waals surface area contributed by atoms with Crippen LogP contribution in [0.5, 0.6) is 0 Å². The molecule has 1 aromatic rings. The van der Waals surface area contributed by atoms with Gasteiger partial charge in [0.2, 0.25) is 5.91 Å². The lowest BCUT2D eigenvalue weighted by Gasteiger charge is -2.19. The number of carboxylic acid groups (broad SMARTS) is 1. The van der Waals surface area contributed by atoms with Crippen molar-refractivity contribution in [3.05, 3.63) is 28.0 Å². The molecule has 0 aromatic carbocycles. The van der Waals surface area contributed by atoms with Gasteiger partial charge in [0.15, 0.2) is 0 Å². The van der Waals surface area contributed by atoms with Gasteiger partial charge in [-0.1, -0.05) is 23.2 Å². The van der Waals surface area contributed by atoms with Crippen molar-refractivity contribution in [1.29, 1.82) is 0 Å². The van der Waals surface area contributed by atoms with Gasteiger partial charge in [-0.3, -0.25) is 14.4 Å². The van der Waals surface area contributed by atoms with E-state index in [1.54, 1.807) is 0 Å². The zero-order chi connectivity index (χ0) is 14.6. The Bertz CT molecular complexity index is 499. The molecule has 0 fully saturated rings. The quantitative estimate of drug-likeness (QED) is 0.764. The first-order chi connectivity index (χ1) is 8.79. The average Bonchev–Trinajstić information content (AvgIpc) is 2.24. The van der Waals surface area contributed by atoms with Crippen LogP contribution in [0, 0.1) is 0 Å². The summed E-state index contributed by atoms with van der Waals surface area (Å²) in [6, 6.07) is 2.43. The van der Waals surface area contributed by atoms with Gasteiger partial charge in [0.05, 0.1) is 0 Å². The van der Waals surface area contributed by atoms with Gasteiger partial charge in [-0.2, -0.15) is 0 Å². The molecular weight excluding hydrogens is 297 g/mol. The third-order valence-electron chi connectivity index (χ3n) is 1.97. The Kier molecular flexibility index (Phi) is 5.08. The zero-order valence-corrected chi connectivity index (χ0v) is 11.0. The standard InChI is InChI=1S/C10H9Cl2N3O4/c11-6-1-5(2-7(12)14-6)10(19)15(3-8(13)16)4-9(17)18/h1-2H,3-4H2,(H2,13,16)(H,17,18). The number of halogens is 2. The summed E-state index contributed by atoms with van der Waals surface area (Å²) in [5.74, 6) is -2.84. The minimum absolute atomic E-state index is 0.0208. The predicted octanol–water partition coefficient (Wildman–Crippen LogP) is 0.401. The highest BCUT2D eigenvalue weighted by Gasteiger charge is 2.21. The van der Waals surface area contributed by atoms with E-state index in [4.69, 9.17) is 34.0 Å². The van der Waals surface area contributed by atoms with Gasteiger partial charge in [-0.15, -0.1) is 0 Å². The molecule has 2 amide bonds. The molecule has 0 aliphatic heterocycles. The topological polar surface area (TPSA) is 114 Å². The molecule has 0 saturated heterocycles. The summed E-state index contributed by atoms with van der Waals surface area (Å²) in [5, 5.41) is 8.65. The Morgan fingerprint density at radius 2 is 1.74 bits per heavy atom. The predicted molar refractivity (Wildman–Crippen MR) is 67.0 cm³/mol. The van der Waals surface area contributed by atoms with Crippen molar-refractivity contribution >= 4 is 41.0 Å². The molecule has 102 valence electrons. The van der Waals surface area contributed by atoms with Crippen LogP contribution in [0.3, 0.4) is 0 Å². The van der Waals surface area contributed by atoms with Crippen LogP contribution in [0.4, 0.5) is 0 Å². The maximum atomic E-state index is 12.0. The molecule has 7 nitrogen and oxygen atoms in total. The number of pyridine rings is 1. The number of amides is 2. The smallest absolute Gasteiger partial charge is 0.323 e. The van der Waals surface area contributed by atoms with Crippen LogP contribution in [0.25, 0.3) is 0 Å². The lowest BCUT2D eigenvalue weighted by Crippen LogP contribution is -2.41. The lowest BCUT2D eigenvalue weighted by atomic mass is 10.2. The molecule has 0 spiro atoms. The highest BCUT2D eigenvalue weighted by atomic mass is 35.5. The fraction of sp³-hybridized carbons (Fsp3) is 0.200. The van der Waals surface area contributed by atoms with Gasteiger partial charge < -0.3 is 15.7 Å². The molecule has 1 heterocycles. The van der Waals surface area contributed by atoms with Gasteiger partial charge in [0.1, 0.15) is 23.4 Å². The number of aromatic nitrogens is 1. The number of rotatable bonds is 5. The number of aliphatic carboxylic acids is 1. The maximum absolute atomic E-state index is 12.0. The Hall–Kier alpha value is -1.86. The number of nitrogens with zero attached hydrogens (tertiary/aromatic N) is 2. The van der Waals surface area contributed by atoms with Crippen molar-refractivity contribution in [2.75, 3.05) is 13.1 Å². The van der Waals surface area contributed by atoms with Gasteiger partial charge >= 0.3 is 5.97 Å². The van der Waals surface area contributed by atoms with Gasteiger partial charge in [-0.25, -0.2) is 4.98 Å². The molecule has 1 aromatic heterocycles. The molecule has 3 N–H and O–H groups in total. The summed E-state index contributed by atoms with van der Waals surface area (Å²) in [4.78, 5) is 37.9. The Morgan fingerprint density at radius 3 is 2.16 bits per heavy atom. The van der Waals surface area contributed by atoms with Crippen molar-refractivity contribution in [1.82, 2.24) is 9.88 Å². The zero-order valence-electron chi connectivity index (χ0n) is 9.47. The summed E-state index contributed by atoms with van der Waals surface area (Å²) < 4.78 is 0. The first-order valence-electron chi connectivity index (χ1n) is 4.92. The third-order valence-corrected chi connectivity index (χ3v) is 2.36. The molecule has 0 unspecified atom stereocenters. The average molecular weight is 306 g/mol. The van der Waals surface area contributed by atoms with Crippen LogP contribution in [-0.2, 0) is 9.59 Å². The summed E-state index contributed by atoms with van der Waals surface area (Å²) in [6.07, 6.45) is 0. The number of carbonyl (C=O) groups is 3. The van der Waals surface area contributed by atoms with Crippen LogP contribution >= 0.6 is 23.2 Å². The Morgan fingerprint density at radius 1 is 1.21 bits per heavy atom. The van der Waals surface area contributed by atoms with Crippen molar-refractivity contribution in [2.45, 2.75) is 0 Å². The molecule has 0 radical (unpaired) electrons. The second-order valence-corrected chi connectivity index (χ2v) is 4.30. The molecule has 0 aliphatic rings. The minimum Gasteiger partial charge on any atom is -0.480 e. The van der Waals surface area contributed by atoms with E-state index in [2.05, 4.69) is 4.98 Å². The van der Waals surface area contributed by atoms with Crippen molar-refractivity contribution in [3.63, 3.8) is 0 Å². The number of carbonyl (C=O) groups excluding carboxylic acids is 2. The van der Waals surface area contributed by atoms with E-state index in [0.29, 0.717) is 0 Å². The summed E-state index contributed by atoms with van der Waals surface area (Å²) in [5.41, 5.74) is 4.98. The van der Waals surface area contributed by atoms with Gasteiger partial charge in [0, 0.05) is 5.56 Å². The van der Waals surface area contributed by atoms with E-state index in [0.717, 1.165) is 4.90 Å². The molecule has 19 heavy (non-hydrogen) atoms. The van der Waals surface area contributed by atoms with Crippen molar-refractivity contribution in [2.24, 2.45) is 5.73 Å². The molecular formula is C10H9Cl2N3O4. The second-order valence-electron chi connectivity index (χ2n) is 3.52. The van der Waals surface area contributed by atoms with E-state index in [1.807, 2.05) is 0 Å². The minimum atomic E-state index is -1.28. The van der Waals surface area contributed by atoms with Crippen LogP contribution in [0.2, 0.25) is 10.3 Å². The Labute approximate surface area is 117 Å². The van der Waals surface area contributed by atoms with E-state index in [-0.39, 0.29) is 15.9 Å². The first-order valence-corrected chi connectivity index (χ1v) is 5.67. The van der Waals surface area contributed by atoms with Crippen molar-refractivity contribution < 1.29 is 19.5 Å². The monoisotopic (exact) mass is 305 g/mol. The fourth-order valence-corrected chi connectivity index (χ4v) is 1.78. The maximum Gasteiger partial charge on any atom is 0.323 e. The van der Waals surface area contributed by atoms with Crippen LogP contribution < -0.4 is 5.73 Å². The highest BCUT2D eigenvalue weighted by molar-refractivity contribution is 6.33. The lowest BCUT2D eigenvalue weighted by molar-refractivity contribution is -0.138. The number of nitrogens with two attached hydrogens (primary N) is 1. The van der Waals surface area contributed by atoms with E-state index >= 15 is 0 Å². The largest absolute Gasteiger partial charge is 0.480 e. The first kappa shape index (κ1) is 15.2. The molecule has 1 rings (SSSR count). The highest BCUT2D eigenvalue weighted by Crippen LogP contribution is 2.16. The fourth-order valence-electron chi connectivity index (χ4n) is 1.32. The summed E-state index contributed by atoms with van der Waals surface area (Å²) >= 11 is 11.3. The molecule has 0 saturated carbocycles. The molecule has 0 atom stereocenters. The molecule has 9 heteroatoms. The van der Waals surface area contributed by atoms with Gasteiger partial charge in [-0.05, 0) is 12.1 Å². The van der Waals surface area contributed by atoms with Crippen LogP contribution in [-0.4, -0.2) is 45.9 Å². The van der Waals surface area contributed by atoms with E-state index in [1.165, 1.54) is 12.1 Å². The van der Waals surface area contributed by atoms with Crippen molar-refractivity contribution in [3.8, 4) is 0 Å². The molecule has 0 bridgehead atoms. The number of primary amides is 1. The van der Waals surface area contributed by atoms with E-state index < -0.39 is 30.9 Å². The number of carboxylic acids is 1. The third kappa shape index (κ3) is 4.72. The SMILES string of the molecule is NC(=O)CN(CC(=O)O)C(=O)c1cc(Cl)nc(Cl)c1. The van der Waals surface area contributed by atoms with Crippen LogP contribution in [0.1, 0.15) is 10.4 Å². The van der Waals surface area contributed by atoms with E-state index in [9.17, 15) is 14.4 Å². The Balaban J connectivity index is 3.03. The second kappa shape index (κ2) is 6.35. The van der Waals surface area contributed by atoms with Gasteiger partial charge in [0.25, 0.3) is 5.91 Å². The molecule has 0 aliphatic carbocycles. The summed E-state index contributed by atoms with van der Waals surface area (Å²) in [6.45, 7) is -1.19. The number of hydrogen-bond donors (Lipinski definition) is 2. The normalized spacial score (nSPS) is 10.0.